The smallest absolute Gasteiger partial charge is 0.335 e. The van der Waals surface area contributed by atoms with Crippen LogP contribution in [0.5, 0.6) is 0 Å². The van der Waals surface area contributed by atoms with Crippen LogP contribution in [-0.2, 0) is 24.3 Å². The molecule has 1 N–H and O–H groups in total. The quantitative estimate of drug-likeness (QED) is 0.526. The summed E-state index contributed by atoms with van der Waals surface area (Å²) in [6, 6.07) is 0. The van der Waals surface area contributed by atoms with Gasteiger partial charge >= 0.3 is 5.97 Å². The number of nitrogens with one attached hydrogen (secondary N) is 1. The molecule has 2 aliphatic rings. The number of carbonyl (C=O) groups is 2. The number of hydrogen-bond donors (Lipinski definition) is 1. The molecule has 1 spiro atoms. The Morgan fingerprint density at radius 3 is 2.41 bits per heavy atom. The summed E-state index contributed by atoms with van der Waals surface area (Å²) in [7, 11) is -3.30. The Labute approximate surface area is 174 Å². The molecule has 9 heteroatoms. The number of piperidine rings is 1. The maximum absolute atomic E-state index is 12.9. The van der Waals surface area contributed by atoms with E-state index in [2.05, 4.69) is 24.1 Å². The monoisotopic (exact) mass is 429 g/mol. The molecule has 29 heavy (non-hydrogen) atoms. The summed E-state index contributed by atoms with van der Waals surface area (Å²) in [5.41, 5.74) is -0.321. The summed E-state index contributed by atoms with van der Waals surface area (Å²) in [5, 5.41) is 2.94. The van der Waals surface area contributed by atoms with Gasteiger partial charge in [-0.2, -0.15) is 0 Å². The van der Waals surface area contributed by atoms with Crippen molar-refractivity contribution in [2.75, 3.05) is 45.0 Å². The van der Waals surface area contributed by atoms with Crippen LogP contribution in [0.2, 0.25) is 0 Å². The third kappa shape index (κ3) is 5.38. The Morgan fingerprint density at radius 2 is 1.86 bits per heavy atom. The Hall–Kier alpha value is -1.45. The summed E-state index contributed by atoms with van der Waals surface area (Å²) in [6.07, 6.45) is 2.85. The average molecular weight is 430 g/mol. The fourth-order valence-corrected chi connectivity index (χ4v) is 5.12. The first kappa shape index (κ1) is 23.8. The second kappa shape index (κ2) is 10.0. The molecule has 0 radical (unpaired) electrons. The van der Waals surface area contributed by atoms with E-state index >= 15 is 0 Å². The molecule has 0 saturated carbocycles. The van der Waals surface area contributed by atoms with Gasteiger partial charge in [0.2, 0.25) is 10.0 Å². The molecule has 1 fully saturated rings. The van der Waals surface area contributed by atoms with Crippen LogP contribution in [0.1, 0.15) is 53.4 Å². The zero-order valence-electron chi connectivity index (χ0n) is 18.1. The predicted octanol–water partition coefficient (Wildman–Crippen LogP) is 1.28. The SMILES string of the molecule is CCCCN(CC)CCNC(=O)C1=C(C)C(=O)OC12CCN(S(=O)(=O)CC)CC2. The largest absolute Gasteiger partial charge is 0.450 e. The van der Waals surface area contributed by atoms with Gasteiger partial charge < -0.3 is 15.0 Å². The van der Waals surface area contributed by atoms with Crippen LogP contribution in [0.4, 0.5) is 0 Å². The van der Waals surface area contributed by atoms with E-state index in [1.165, 1.54) is 4.31 Å². The lowest BCUT2D eigenvalue weighted by molar-refractivity contribution is -0.150. The summed E-state index contributed by atoms with van der Waals surface area (Å²) >= 11 is 0. The minimum Gasteiger partial charge on any atom is -0.450 e. The lowest BCUT2D eigenvalue weighted by atomic mass is 9.83. The number of likely N-dealkylation sites (N-methyl/N-ethyl adjacent to an activating group) is 1. The van der Waals surface area contributed by atoms with E-state index < -0.39 is 21.6 Å². The number of carbonyl (C=O) groups excluding carboxylic acids is 2. The number of amides is 1. The van der Waals surface area contributed by atoms with Gasteiger partial charge in [0.15, 0.2) is 0 Å². The van der Waals surface area contributed by atoms with Crippen LogP contribution in [0.15, 0.2) is 11.1 Å². The predicted molar refractivity (Wildman–Crippen MR) is 112 cm³/mol. The molecule has 0 aromatic carbocycles. The summed E-state index contributed by atoms with van der Waals surface area (Å²) in [5.74, 6) is -0.736. The molecule has 0 aliphatic carbocycles. The molecule has 0 unspecified atom stereocenters. The number of rotatable bonds is 10. The van der Waals surface area contributed by atoms with Gasteiger partial charge in [-0.1, -0.05) is 20.3 Å². The molecular weight excluding hydrogens is 394 g/mol. The molecule has 0 atom stereocenters. The van der Waals surface area contributed by atoms with Crippen molar-refractivity contribution < 1.29 is 22.7 Å². The van der Waals surface area contributed by atoms with Gasteiger partial charge in [-0.15, -0.1) is 0 Å². The molecule has 166 valence electrons. The normalized spacial score (nSPS) is 19.8. The number of nitrogens with zero attached hydrogens (tertiary/aromatic N) is 2. The number of ether oxygens (including phenoxy) is 1. The highest BCUT2D eigenvalue weighted by Gasteiger charge is 2.51. The maximum atomic E-state index is 12.9. The third-order valence-electron chi connectivity index (χ3n) is 5.93. The van der Waals surface area contributed by atoms with E-state index in [-0.39, 0.29) is 24.7 Å². The fourth-order valence-electron chi connectivity index (χ4n) is 4.01. The van der Waals surface area contributed by atoms with Crippen LogP contribution < -0.4 is 5.32 Å². The second-order valence-electron chi connectivity index (χ2n) is 7.73. The Balaban J connectivity index is 2.04. The fraction of sp³-hybridized carbons (Fsp3) is 0.800. The molecule has 8 nitrogen and oxygen atoms in total. The third-order valence-corrected chi connectivity index (χ3v) is 7.81. The first-order valence-corrected chi connectivity index (χ1v) is 12.2. The number of hydrogen-bond acceptors (Lipinski definition) is 6. The Morgan fingerprint density at radius 1 is 1.21 bits per heavy atom. The van der Waals surface area contributed by atoms with Gasteiger partial charge in [-0.25, -0.2) is 17.5 Å². The first-order valence-electron chi connectivity index (χ1n) is 10.6. The van der Waals surface area contributed by atoms with Crippen molar-refractivity contribution in [3.05, 3.63) is 11.1 Å². The van der Waals surface area contributed by atoms with Crippen LogP contribution in [0.3, 0.4) is 0 Å². The molecule has 0 bridgehead atoms. The van der Waals surface area contributed by atoms with Crippen LogP contribution in [-0.4, -0.2) is 80.1 Å². The standard InChI is InChI=1S/C20H35N3O5S/c1-5-8-12-22(6-2)15-11-21-18(24)17-16(4)19(25)28-20(17)9-13-23(14-10-20)29(26,27)7-3/h5-15H2,1-4H3,(H,21,24). The van der Waals surface area contributed by atoms with Crippen molar-refractivity contribution in [3.8, 4) is 0 Å². The Bertz CT molecular complexity index is 739. The van der Waals surface area contributed by atoms with Crippen LogP contribution >= 0.6 is 0 Å². The molecule has 0 aromatic heterocycles. The summed E-state index contributed by atoms with van der Waals surface area (Å²) in [4.78, 5) is 27.5. The van der Waals surface area contributed by atoms with Crippen molar-refractivity contribution in [2.24, 2.45) is 0 Å². The van der Waals surface area contributed by atoms with Crippen molar-refractivity contribution in [1.29, 1.82) is 0 Å². The van der Waals surface area contributed by atoms with Crippen LogP contribution in [0.25, 0.3) is 0 Å². The highest BCUT2D eigenvalue weighted by molar-refractivity contribution is 7.89. The van der Waals surface area contributed by atoms with E-state index in [9.17, 15) is 18.0 Å². The van der Waals surface area contributed by atoms with Crippen molar-refractivity contribution in [2.45, 2.75) is 59.0 Å². The number of sulfonamides is 1. The molecule has 2 heterocycles. The van der Waals surface area contributed by atoms with Crippen molar-refractivity contribution in [1.82, 2.24) is 14.5 Å². The lowest BCUT2D eigenvalue weighted by Gasteiger charge is -2.38. The highest BCUT2D eigenvalue weighted by atomic mass is 32.2. The molecular formula is C20H35N3O5S. The van der Waals surface area contributed by atoms with Gasteiger partial charge in [-0.3, -0.25) is 4.79 Å². The molecule has 0 aromatic rings. The van der Waals surface area contributed by atoms with E-state index in [1.807, 2.05) is 0 Å². The highest BCUT2D eigenvalue weighted by Crippen LogP contribution is 2.41. The van der Waals surface area contributed by atoms with Gasteiger partial charge in [0, 0.05) is 44.6 Å². The van der Waals surface area contributed by atoms with E-state index in [0.29, 0.717) is 30.5 Å². The molecule has 1 saturated heterocycles. The second-order valence-corrected chi connectivity index (χ2v) is 9.98. The van der Waals surface area contributed by atoms with Gasteiger partial charge in [0.1, 0.15) is 5.60 Å². The molecule has 1 amide bonds. The summed E-state index contributed by atoms with van der Waals surface area (Å²) < 4.78 is 31.3. The van der Waals surface area contributed by atoms with Gasteiger partial charge in [0.05, 0.1) is 11.3 Å². The number of esters is 1. The van der Waals surface area contributed by atoms with Crippen LogP contribution in [0, 0.1) is 0 Å². The minimum atomic E-state index is -3.30. The Kier molecular flexibility index (Phi) is 8.25. The average Bonchev–Trinajstić information content (AvgIpc) is 2.94. The molecule has 2 rings (SSSR count). The van der Waals surface area contributed by atoms with Gasteiger partial charge in [0.25, 0.3) is 5.91 Å². The maximum Gasteiger partial charge on any atom is 0.335 e. The van der Waals surface area contributed by atoms with Crippen molar-refractivity contribution in [3.63, 3.8) is 0 Å². The zero-order valence-corrected chi connectivity index (χ0v) is 18.9. The topological polar surface area (TPSA) is 96.0 Å². The van der Waals surface area contributed by atoms with Crippen molar-refractivity contribution >= 4 is 21.9 Å². The molecule has 2 aliphatic heterocycles. The van der Waals surface area contributed by atoms with E-state index in [4.69, 9.17) is 4.74 Å². The van der Waals surface area contributed by atoms with E-state index in [1.54, 1.807) is 13.8 Å². The zero-order chi connectivity index (χ0) is 21.7. The summed E-state index contributed by atoms with van der Waals surface area (Å²) in [6.45, 7) is 11.1. The number of unbranched alkanes of at least 4 members (excludes halogenated alkanes) is 1. The lowest BCUT2D eigenvalue weighted by Crippen LogP contribution is -2.50. The first-order chi connectivity index (χ1) is 13.7. The minimum absolute atomic E-state index is 0.0357. The van der Waals surface area contributed by atoms with Gasteiger partial charge in [-0.05, 0) is 33.4 Å². The van der Waals surface area contributed by atoms with E-state index in [0.717, 1.165) is 32.5 Å².